The monoisotopic (exact) mass is 284 g/mol. The molecule has 1 aromatic heterocycles. The molecule has 2 rings (SSSR count). The average molecular weight is 285 g/mol. The minimum absolute atomic E-state index is 0.368. The summed E-state index contributed by atoms with van der Waals surface area (Å²) in [5.74, 6) is 1.01. The Morgan fingerprint density at radius 3 is 2.35 bits per heavy atom. The Morgan fingerprint density at radius 2 is 1.82 bits per heavy atom. The molecule has 1 aromatic carbocycles. The number of benzene rings is 1. The smallest absolute Gasteiger partial charge is 0.0931 e. The van der Waals surface area contributed by atoms with Crippen LogP contribution in [0.2, 0.25) is 4.34 Å². The first-order valence-corrected chi connectivity index (χ1v) is 7.28. The number of hydrogen-bond donors (Lipinski definition) is 0. The van der Waals surface area contributed by atoms with Gasteiger partial charge in [0.05, 0.1) is 4.34 Å². The van der Waals surface area contributed by atoms with Gasteiger partial charge < -0.3 is 0 Å². The molecule has 3 heteroatoms. The molecule has 0 bridgehead atoms. The quantitative estimate of drug-likeness (QED) is 0.671. The van der Waals surface area contributed by atoms with Crippen LogP contribution in [0.4, 0.5) is 0 Å². The fourth-order valence-electron chi connectivity index (χ4n) is 1.80. The number of hydrogen-bond acceptors (Lipinski definition) is 1. The molecule has 0 aliphatic rings. The van der Waals surface area contributed by atoms with E-state index in [2.05, 4.69) is 37.3 Å². The number of aryl methyl sites for hydroxylation is 1. The van der Waals surface area contributed by atoms with E-state index in [1.54, 1.807) is 11.3 Å². The molecule has 0 fully saturated rings. The lowest BCUT2D eigenvalue weighted by atomic mass is 9.96. The topological polar surface area (TPSA) is 0 Å². The third-order valence-corrected chi connectivity index (χ3v) is 4.44. The maximum absolute atomic E-state index is 6.07. The Bertz CT molecular complexity index is 473. The van der Waals surface area contributed by atoms with Crippen molar-refractivity contribution in [3.63, 3.8) is 0 Å². The van der Waals surface area contributed by atoms with E-state index in [1.165, 1.54) is 16.0 Å². The molecule has 0 saturated carbocycles. The molecular formula is C14H14Cl2S. The molecule has 0 aliphatic carbocycles. The van der Waals surface area contributed by atoms with Crippen molar-refractivity contribution in [1.82, 2.24) is 0 Å². The van der Waals surface area contributed by atoms with E-state index in [0.29, 0.717) is 11.8 Å². The molecule has 90 valence electrons. The molecule has 0 radical (unpaired) electrons. The summed E-state index contributed by atoms with van der Waals surface area (Å²) in [4.78, 5) is 1.29. The van der Waals surface area contributed by atoms with Crippen molar-refractivity contribution in [3.05, 3.63) is 56.7 Å². The van der Waals surface area contributed by atoms with Crippen molar-refractivity contribution in [2.45, 2.75) is 19.3 Å². The van der Waals surface area contributed by atoms with E-state index in [4.69, 9.17) is 23.2 Å². The second kappa shape index (κ2) is 5.90. The summed E-state index contributed by atoms with van der Waals surface area (Å²) < 4.78 is 0.845. The number of thiophene rings is 1. The maximum atomic E-state index is 6.07. The van der Waals surface area contributed by atoms with Crippen molar-refractivity contribution in [2.75, 3.05) is 5.88 Å². The zero-order chi connectivity index (χ0) is 12.3. The minimum Gasteiger partial charge on any atom is -0.128 e. The van der Waals surface area contributed by atoms with E-state index in [-0.39, 0.29) is 0 Å². The summed E-state index contributed by atoms with van der Waals surface area (Å²) in [6.45, 7) is 2.10. The van der Waals surface area contributed by atoms with Gasteiger partial charge in [-0.2, -0.15) is 0 Å². The van der Waals surface area contributed by atoms with E-state index in [1.807, 2.05) is 6.07 Å². The maximum Gasteiger partial charge on any atom is 0.0931 e. The van der Waals surface area contributed by atoms with E-state index in [9.17, 15) is 0 Å². The van der Waals surface area contributed by atoms with Crippen LogP contribution in [0, 0.1) is 6.92 Å². The van der Waals surface area contributed by atoms with Gasteiger partial charge in [0.15, 0.2) is 0 Å². The highest BCUT2D eigenvalue weighted by atomic mass is 35.5. The van der Waals surface area contributed by atoms with Crippen LogP contribution in [0.1, 0.15) is 21.9 Å². The molecule has 0 amide bonds. The van der Waals surface area contributed by atoms with Crippen molar-refractivity contribution in [3.8, 4) is 0 Å². The predicted molar refractivity (Wildman–Crippen MR) is 77.7 cm³/mol. The van der Waals surface area contributed by atoms with Gasteiger partial charge in [0.25, 0.3) is 0 Å². The molecule has 1 heterocycles. The number of halogens is 2. The molecule has 0 nitrogen and oxygen atoms in total. The highest BCUT2D eigenvalue weighted by molar-refractivity contribution is 7.16. The summed E-state index contributed by atoms with van der Waals surface area (Å²) in [7, 11) is 0. The van der Waals surface area contributed by atoms with Crippen LogP contribution in [-0.4, -0.2) is 5.88 Å². The molecule has 2 aromatic rings. The van der Waals surface area contributed by atoms with Gasteiger partial charge in [0.2, 0.25) is 0 Å². The van der Waals surface area contributed by atoms with E-state index in [0.717, 1.165) is 10.8 Å². The van der Waals surface area contributed by atoms with Crippen molar-refractivity contribution < 1.29 is 0 Å². The molecule has 0 N–H and O–H groups in total. The molecule has 0 spiro atoms. The SMILES string of the molecule is Cc1ccc(C(CCl)Cc2ccc(Cl)s2)cc1. The van der Waals surface area contributed by atoms with Crippen LogP contribution >= 0.6 is 34.5 Å². The molecule has 1 unspecified atom stereocenters. The number of rotatable bonds is 4. The Morgan fingerprint density at radius 1 is 1.12 bits per heavy atom. The van der Waals surface area contributed by atoms with Crippen LogP contribution in [0.5, 0.6) is 0 Å². The van der Waals surface area contributed by atoms with Gasteiger partial charge in [0.1, 0.15) is 0 Å². The van der Waals surface area contributed by atoms with Gasteiger partial charge in [-0.05, 0) is 31.0 Å². The van der Waals surface area contributed by atoms with Gasteiger partial charge in [-0.3, -0.25) is 0 Å². The van der Waals surface area contributed by atoms with Crippen LogP contribution < -0.4 is 0 Å². The first-order valence-electron chi connectivity index (χ1n) is 5.56. The molecule has 17 heavy (non-hydrogen) atoms. The van der Waals surface area contributed by atoms with E-state index >= 15 is 0 Å². The standard InChI is InChI=1S/C14H14Cl2S/c1-10-2-4-11(5-3-10)12(9-15)8-13-6-7-14(16)17-13/h2-7,12H,8-9H2,1H3. The second-order valence-electron chi connectivity index (χ2n) is 4.17. The Hall–Kier alpha value is -0.500. The van der Waals surface area contributed by atoms with Crippen molar-refractivity contribution in [2.24, 2.45) is 0 Å². The normalized spacial score (nSPS) is 12.6. The van der Waals surface area contributed by atoms with Gasteiger partial charge in [-0.25, -0.2) is 0 Å². The highest BCUT2D eigenvalue weighted by Crippen LogP contribution is 2.28. The first-order chi connectivity index (χ1) is 8.19. The lowest BCUT2D eigenvalue weighted by Crippen LogP contribution is -2.03. The van der Waals surface area contributed by atoms with Crippen molar-refractivity contribution in [1.29, 1.82) is 0 Å². The predicted octanol–water partition coefficient (Wildman–Crippen LogP) is 5.28. The molecule has 0 saturated heterocycles. The van der Waals surface area contributed by atoms with Crippen LogP contribution in [0.25, 0.3) is 0 Å². The van der Waals surface area contributed by atoms with Gasteiger partial charge in [0, 0.05) is 16.7 Å². The van der Waals surface area contributed by atoms with E-state index < -0.39 is 0 Å². The Balaban J connectivity index is 2.13. The Labute approximate surface area is 116 Å². The average Bonchev–Trinajstić information content (AvgIpc) is 2.73. The fourth-order valence-corrected chi connectivity index (χ4v) is 3.26. The van der Waals surface area contributed by atoms with Gasteiger partial charge in [-0.15, -0.1) is 22.9 Å². The Kier molecular flexibility index (Phi) is 4.49. The second-order valence-corrected chi connectivity index (χ2v) is 6.28. The summed E-state index contributed by atoms with van der Waals surface area (Å²) in [5, 5.41) is 0. The molecule has 1 atom stereocenters. The number of alkyl halides is 1. The molecular weight excluding hydrogens is 271 g/mol. The third kappa shape index (κ3) is 3.48. The van der Waals surface area contributed by atoms with Crippen LogP contribution in [0.15, 0.2) is 36.4 Å². The van der Waals surface area contributed by atoms with Crippen molar-refractivity contribution >= 4 is 34.5 Å². The summed E-state index contributed by atoms with van der Waals surface area (Å²) >= 11 is 13.6. The lowest BCUT2D eigenvalue weighted by Gasteiger charge is -2.13. The van der Waals surface area contributed by atoms with Crippen LogP contribution in [-0.2, 0) is 6.42 Å². The zero-order valence-electron chi connectivity index (χ0n) is 9.62. The third-order valence-electron chi connectivity index (χ3n) is 2.81. The first kappa shape index (κ1) is 12.9. The summed E-state index contributed by atoms with van der Waals surface area (Å²) in [5.41, 5.74) is 2.58. The highest BCUT2D eigenvalue weighted by Gasteiger charge is 2.12. The minimum atomic E-state index is 0.368. The summed E-state index contributed by atoms with van der Waals surface area (Å²) in [6, 6.07) is 12.6. The van der Waals surface area contributed by atoms with Gasteiger partial charge in [-0.1, -0.05) is 41.4 Å². The van der Waals surface area contributed by atoms with Gasteiger partial charge >= 0.3 is 0 Å². The zero-order valence-corrected chi connectivity index (χ0v) is 11.9. The van der Waals surface area contributed by atoms with Crippen LogP contribution in [0.3, 0.4) is 0 Å². The lowest BCUT2D eigenvalue weighted by molar-refractivity contribution is 0.776. The fraction of sp³-hybridized carbons (Fsp3) is 0.286. The molecule has 0 aliphatic heterocycles. The largest absolute Gasteiger partial charge is 0.128 e. The summed E-state index contributed by atoms with van der Waals surface area (Å²) in [6.07, 6.45) is 0.962.